The quantitative estimate of drug-likeness (QED) is 0.597. The number of allylic oxidation sites excluding steroid dienone is 3. The standard InChI is InChI=1S/C8H10O2/c1-5(2)8-6(9)3-4-7(8)10/h3-5,9H,1-2H3. The highest BCUT2D eigenvalue weighted by Crippen LogP contribution is 2.20. The van der Waals surface area contributed by atoms with Crippen LogP contribution in [0.4, 0.5) is 0 Å². The zero-order chi connectivity index (χ0) is 7.72. The molecule has 0 spiro atoms. The van der Waals surface area contributed by atoms with Crippen LogP contribution in [0.2, 0.25) is 0 Å². The van der Waals surface area contributed by atoms with E-state index >= 15 is 0 Å². The molecule has 0 saturated heterocycles. The Labute approximate surface area is 59.9 Å². The number of carbonyl (C=O) groups is 1. The molecule has 0 aromatic rings. The van der Waals surface area contributed by atoms with Gasteiger partial charge in [0.1, 0.15) is 5.76 Å². The second-order valence-corrected chi connectivity index (χ2v) is 2.65. The fraction of sp³-hybridized carbons (Fsp3) is 0.375. The van der Waals surface area contributed by atoms with E-state index in [1.807, 2.05) is 13.8 Å². The van der Waals surface area contributed by atoms with Gasteiger partial charge in [0, 0.05) is 5.57 Å². The van der Waals surface area contributed by atoms with Gasteiger partial charge in [-0.1, -0.05) is 13.8 Å². The molecule has 1 aliphatic carbocycles. The van der Waals surface area contributed by atoms with Crippen molar-refractivity contribution in [2.75, 3.05) is 0 Å². The van der Waals surface area contributed by atoms with Crippen LogP contribution in [0, 0.1) is 5.92 Å². The molecule has 0 heterocycles. The van der Waals surface area contributed by atoms with Crippen LogP contribution in [0.15, 0.2) is 23.5 Å². The molecule has 0 unspecified atom stereocenters. The molecular weight excluding hydrogens is 128 g/mol. The molecule has 0 saturated carbocycles. The Hall–Kier alpha value is -1.05. The van der Waals surface area contributed by atoms with E-state index in [4.69, 9.17) is 5.11 Å². The van der Waals surface area contributed by atoms with Gasteiger partial charge >= 0.3 is 0 Å². The van der Waals surface area contributed by atoms with Crippen molar-refractivity contribution >= 4 is 5.78 Å². The van der Waals surface area contributed by atoms with Crippen molar-refractivity contribution in [1.82, 2.24) is 0 Å². The van der Waals surface area contributed by atoms with E-state index in [0.29, 0.717) is 5.57 Å². The molecule has 0 aliphatic heterocycles. The minimum absolute atomic E-state index is 0.0625. The zero-order valence-corrected chi connectivity index (χ0v) is 6.09. The Balaban J connectivity index is 2.96. The molecule has 1 N–H and O–H groups in total. The van der Waals surface area contributed by atoms with Gasteiger partial charge in [0.2, 0.25) is 0 Å². The van der Waals surface area contributed by atoms with E-state index in [1.54, 1.807) is 0 Å². The van der Waals surface area contributed by atoms with Gasteiger partial charge in [-0.25, -0.2) is 0 Å². The largest absolute Gasteiger partial charge is 0.508 e. The van der Waals surface area contributed by atoms with Crippen molar-refractivity contribution in [2.45, 2.75) is 13.8 Å². The average molecular weight is 138 g/mol. The third-order valence-electron chi connectivity index (χ3n) is 1.51. The van der Waals surface area contributed by atoms with Crippen LogP contribution in [0.1, 0.15) is 13.8 Å². The van der Waals surface area contributed by atoms with Crippen LogP contribution >= 0.6 is 0 Å². The van der Waals surface area contributed by atoms with Gasteiger partial charge in [-0.3, -0.25) is 4.79 Å². The van der Waals surface area contributed by atoms with Crippen LogP contribution in [0.5, 0.6) is 0 Å². The highest BCUT2D eigenvalue weighted by molar-refractivity contribution is 6.07. The Morgan fingerprint density at radius 3 is 2.20 bits per heavy atom. The maximum absolute atomic E-state index is 10.9. The van der Waals surface area contributed by atoms with E-state index in [-0.39, 0.29) is 17.5 Å². The van der Waals surface area contributed by atoms with Crippen molar-refractivity contribution < 1.29 is 9.90 Å². The minimum Gasteiger partial charge on any atom is -0.508 e. The summed E-state index contributed by atoms with van der Waals surface area (Å²) in [5.41, 5.74) is 0.528. The molecule has 10 heavy (non-hydrogen) atoms. The SMILES string of the molecule is CC(C)C1=C(O)C=CC1=O. The summed E-state index contributed by atoms with van der Waals surface area (Å²) >= 11 is 0. The number of carbonyl (C=O) groups excluding carboxylic acids is 1. The summed E-state index contributed by atoms with van der Waals surface area (Å²) in [5, 5.41) is 9.10. The summed E-state index contributed by atoms with van der Waals surface area (Å²) in [6.07, 6.45) is 2.84. The Morgan fingerprint density at radius 1 is 1.40 bits per heavy atom. The van der Waals surface area contributed by atoms with Crippen molar-refractivity contribution in [3.05, 3.63) is 23.5 Å². The lowest BCUT2D eigenvalue weighted by atomic mass is 10.0. The third kappa shape index (κ3) is 0.967. The van der Waals surface area contributed by atoms with Crippen LogP contribution in [0.25, 0.3) is 0 Å². The predicted molar refractivity (Wildman–Crippen MR) is 38.6 cm³/mol. The lowest BCUT2D eigenvalue weighted by molar-refractivity contribution is -0.111. The first-order chi connectivity index (χ1) is 4.63. The van der Waals surface area contributed by atoms with Crippen molar-refractivity contribution in [3.8, 4) is 0 Å². The highest BCUT2D eigenvalue weighted by atomic mass is 16.3. The highest BCUT2D eigenvalue weighted by Gasteiger charge is 2.19. The molecular formula is C8H10O2. The number of hydrogen-bond acceptors (Lipinski definition) is 2. The molecule has 0 radical (unpaired) electrons. The summed E-state index contributed by atoms with van der Waals surface area (Å²) < 4.78 is 0. The van der Waals surface area contributed by atoms with Gasteiger partial charge in [0.15, 0.2) is 5.78 Å². The number of rotatable bonds is 1. The molecule has 0 atom stereocenters. The molecule has 0 fully saturated rings. The maximum atomic E-state index is 10.9. The second kappa shape index (κ2) is 2.29. The fourth-order valence-electron chi connectivity index (χ4n) is 1.04. The summed E-state index contributed by atoms with van der Waals surface area (Å²) in [5.74, 6) is 0.176. The summed E-state index contributed by atoms with van der Waals surface area (Å²) in [6.45, 7) is 3.77. The van der Waals surface area contributed by atoms with Gasteiger partial charge in [-0.2, -0.15) is 0 Å². The van der Waals surface area contributed by atoms with Gasteiger partial charge < -0.3 is 5.11 Å². The second-order valence-electron chi connectivity index (χ2n) is 2.65. The van der Waals surface area contributed by atoms with Crippen molar-refractivity contribution in [3.63, 3.8) is 0 Å². The molecule has 1 aliphatic rings. The third-order valence-corrected chi connectivity index (χ3v) is 1.51. The minimum atomic E-state index is -0.0625. The Morgan fingerprint density at radius 2 is 2.00 bits per heavy atom. The number of hydrogen-bond donors (Lipinski definition) is 1. The molecule has 54 valence electrons. The summed E-state index contributed by atoms with van der Waals surface area (Å²) in [6, 6.07) is 0. The van der Waals surface area contributed by atoms with Gasteiger partial charge in [-0.15, -0.1) is 0 Å². The Kier molecular flexibility index (Phi) is 1.62. The summed E-state index contributed by atoms with van der Waals surface area (Å²) in [7, 11) is 0. The number of ketones is 1. The topological polar surface area (TPSA) is 37.3 Å². The van der Waals surface area contributed by atoms with Crippen LogP contribution in [0.3, 0.4) is 0 Å². The normalized spacial score (nSPS) is 17.7. The van der Waals surface area contributed by atoms with Crippen LogP contribution in [-0.2, 0) is 4.79 Å². The monoisotopic (exact) mass is 138 g/mol. The smallest absolute Gasteiger partial charge is 0.185 e. The van der Waals surface area contributed by atoms with Crippen LogP contribution in [-0.4, -0.2) is 10.9 Å². The lowest BCUT2D eigenvalue weighted by Crippen LogP contribution is -2.03. The predicted octanol–water partition coefficient (Wildman–Crippen LogP) is 1.59. The average Bonchev–Trinajstić information content (AvgIpc) is 2.11. The van der Waals surface area contributed by atoms with E-state index in [1.165, 1.54) is 12.2 Å². The van der Waals surface area contributed by atoms with Crippen molar-refractivity contribution in [1.29, 1.82) is 0 Å². The maximum Gasteiger partial charge on any atom is 0.185 e. The molecule has 2 nitrogen and oxygen atoms in total. The first-order valence-electron chi connectivity index (χ1n) is 3.28. The number of aliphatic hydroxyl groups excluding tert-OH is 1. The first-order valence-corrected chi connectivity index (χ1v) is 3.28. The molecule has 0 amide bonds. The van der Waals surface area contributed by atoms with E-state index in [9.17, 15) is 4.79 Å². The van der Waals surface area contributed by atoms with E-state index < -0.39 is 0 Å². The van der Waals surface area contributed by atoms with Gasteiger partial charge in [0.05, 0.1) is 0 Å². The molecule has 0 bridgehead atoms. The van der Waals surface area contributed by atoms with Gasteiger partial charge in [-0.05, 0) is 18.1 Å². The van der Waals surface area contributed by atoms with Crippen LogP contribution < -0.4 is 0 Å². The Bertz CT molecular complexity index is 221. The van der Waals surface area contributed by atoms with Crippen molar-refractivity contribution in [2.24, 2.45) is 5.92 Å². The van der Waals surface area contributed by atoms with E-state index in [0.717, 1.165) is 0 Å². The van der Waals surface area contributed by atoms with E-state index in [2.05, 4.69) is 0 Å². The molecule has 2 heteroatoms. The molecule has 0 aromatic carbocycles. The first kappa shape index (κ1) is 7.06. The summed E-state index contributed by atoms with van der Waals surface area (Å²) in [4.78, 5) is 10.9. The zero-order valence-electron chi connectivity index (χ0n) is 6.09. The fourth-order valence-corrected chi connectivity index (χ4v) is 1.04. The lowest BCUT2D eigenvalue weighted by Gasteiger charge is -2.03. The molecule has 1 rings (SSSR count). The number of aliphatic hydroxyl groups is 1. The molecule has 0 aromatic heterocycles. The van der Waals surface area contributed by atoms with Gasteiger partial charge in [0.25, 0.3) is 0 Å².